The van der Waals surface area contributed by atoms with Crippen molar-refractivity contribution < 1.29 is 9.53 Å². The highest BCUT2D eigenvalue weighted by Crippen LogP contribution is 2.27. The summed E-state index contributed by atoms with van der Waals surface area (Å²) in [5.74, 6) is 1.70. The van der Waals surface area contributed by atoms with Crippen LogP contribution in [-0.4, -0.2) is 55.0 Å². The van der Waals surface area contributed by atoms with Gasteiger partial charge in [-0.3, -0.25) is 9.69 Å². The number of amides is 1. The molecule has 1 aromatic rings. The maximum absolute atomic E-state index is 12.5. The van der Waals surface area contributed by atoms with Crippen LogP contribution >= 0.6 is 0 Å². The summed E-state index contributed by atoms with van der Waals surface area (Å²) in [6.07, 6.45) is 5.71. The molecule has 1 saturated heterocycles. The van der Waals surface area contributed by atoms with E-state index < -0.39 is 0 Å². The predicted molar refractivity (Wildman–Crippen MR) is 101 cm³/mol. The Labute approximate surface area is 152 Å². The molecule has 1 heterocycles. The summed E-state index contributed by atoms with van der Waals surface area (Å²) >= 11 is 0. The minimum Gasteiger partial charge on any atom is -0.494 e. The van der Waals surface area contributed by atoms with Gasteiger partial charge < -0.3 is 9.64 Å². The van der Waals surface area contributed by atoms with Gasteiger partial charge in [0, 0.05) is 38.6 Å². The van der Waals surface area contributed by atoms with Crippen molar-refractivity contribution in [2.45, 2.75) is 46.0 Å². The number of nitrogens with zero attached hydrogens (tertiary/aromatic N) is 2. The SMILES string of the molecule is Cc1ccc(OCCCN2CCN(C(=O)C3CCCC3)CC2)cc1C. The molecular weight excluding hydrogens is 312 g/mol. The zero-order valence-corrected chi connectivity index (χ0v) is 15.8. The fourth-order valence-corrected chi connectivity index (χ4v) is 3.90. The van der Waals surface area contributed by atoms with Crippen LogP contribution < -0.4 is 4.74 Å². The van der Waals surface area contributed by atoms with Crippen molar-refractivity contribution in [3.63, 3.8) is 0 Å². The van der Waals surface area contributed by atoms with Crippen molar-refractivity contribution in [3.8, 4) is 5.75 Å². The highest BCUT2D eigenvalue weighted by atomic mass is 16.5. The van der Waals surface area contributed by atoms with Gasteiger partial charge in [-0.1, -0.05) is 18.9 Å². The largest absolute Gasteiger partial charge is 0.494 e. The first-order chi connectivity index (χ1) is 12.1. The van der Waals surface area contributed by atoms with E-state index in [2.05, 4.69) is 41.8 Å². The number of carbonyl (C=O) groups is 1. The zero-order valence-electron chi connectivity index (χ0n) is 15.8. The van der Waals surface area contributed by atoms with Gasteiger partial charge in [0.1, 0.15) is 5.75 Å². The summed E-state index contributed by atoms with van der Waals surface area (Å²) in [7, 11) is 0. The Kier molecular flexibility index (Phi) is 6.35. The summed E-state index contributed by atoms with van der Waals surface area (Å²) in [5, 5.41) is 0. The van der Waals surface area contributed by atoms with Crippen molar-refractivity contribution in [1.29, 1.82) is 0 Å². The van der Waals surface area contributed by atoms with Crippen molar-refractivity contribution >= 4 is 5.91 Å². The van der Waals surface area contributed by atoms with Crippen molar-refractivity contribution in [1.82, 2.24) is 9.80 Å². The van der Waals surface area contributed by atoms with Crippen molar-refractivity contribution in [2.24, 2.45) is 5.92 Å². The van der Waals surface area contributed by atoms with Crippen LogP contribution in [0.3, 0.4) is 0 Å². The zero-order chi connectivity index (χ0) is 17.6. The molecule has 0 spiro atoms. The molecule has 4 nitrogen and oxygen atoms in total. The second-order valence-electron chi connectivity index (χ2n) is 7.60. The third-order valence-electron chi connectivity index (χ3n) is 5.75. The van der Waals surface area contributed by atoms with Crippen molar-refractivity contribution in [3.05, 3.63) is 29.3 Å². The number of benzene rings is 1. The number of hydrogen-bond acceptors (Lipinski definition) is 3. The van der Waals surface area contributed by atoms with E-state index in [4.69, 9.17) is 4.74 Å². The van der Waals surface area contributed by atoms with Gasteiger partial charge in [0.2, 0.25) is 5.91 Å². The van der Waals surface area contributed by atoms with Crippen molar-refractivity contribution in [2.75, 3.05) is 39.3 Å². The maximum Gasteiger partial charge on any atom is 0.225 e. The predicted octanol–water partition coefficient (Wildman–Crippen LogP) is 3.41. The van der Waals surface area contributed by atoms with Crippen LogP contribution in [0.4, 0.5) is 0 Å². The summed E-state index contributed by atoms with van der Waals surface area (Å²) in [4.78, 5) is 17.0. The van der Waals surface area contributed by atoms with E-state index in [1.54, 1.807) is 0 Å². The molecule has 1 aliphatic heterocycles. The van der Waals surface area contributed by atoms with Gasteiger partial charge in [-0.15, -0.1) is 0 Å². The lowest BCUT2D eigenvalue weighted by Gasteiger charge is -2.36. The van der Waals surface area contributed by atoms with E-state index >= 15 is 0 Å². The summed E-state index contributed by atoms with van der Waals surface area (Å²) in [6.45, 7) is 9.84. The van der Waals surface area contributed by atoms with Gasteiger partial charge in [0.25, 0.3) is 0 Å². The smallest absolute Gasteiger partial charge is 0.225 e. The second-order valence-corrected chi connectivity index (χ2v) is 7.60. The number of hydrogen-bond donors (Lipinski definition) is 0. The van der Waals surface area contributed by atoms with Crippen LogP contribution in [0, 0.1) is 19.8 Å². The molecule has 2 aliphatic rings. The van der Waals surface area contributed by atoms with E-state index in [1.165, 1.54) is 24.0 Å². The molecule has 0 unspecified atom stereocenters. The third kappa shape index (κ3) is 4.97. The highest BCUT2D eigenvalue weighted by Gasteiger charge is 2.29. The topological polar surface area (TPSA) is 32.8 Å². The molecule has 3 rings (SSSR count). The lowest BCUT2D eigenvalue weighted by molar-refractivity contribution is -0.137. The maximum atomic E-state index is 12.5. The highest BCUT2D eigenvalue weighted by molar-refractivity contribution is 5.79. The molecule has 4 heteroatoms. The number of piperazine rings is 1. The van der Waals surface area contributed by atoms with Crippen LogP contribution in [0.5, 0.6) is 5.75 Å². The first kappa shape index (κ1) is 18.2. The number of ether oxygens (including phenoxy) is 1. The molecule has 0 radical (unpaired) electrons. The minimum absolute atomic E-state index is 0.318. The van der Waals surface area contributed by atoms with Gasteiger partial charge in [0.15, 0.2) is 0 Å². The van der Waals surface area contributed by atoms with E-state index in [0.717, 1.165) is 64.3 Å². The van der Waals surface area contributed by atoms with E-state index in [-0.39, 0.29) is 0 Å². The Morgan fingerprint density at radius 2 is 1.80 bits per heavy atom. The Morgan fingerprint density at radius 3 is 2.48 bits per heavy atom. The Bertz CT molecular complexity index is 573. The first-order valence-electron chi connectivity index (χ1n) is 9.84. The quantitative estimate of drug-likeness (QED) is 0.742. The van der Waals surface area contributed by atoms with Crippen LogP contribution in [0.25, 0.3) is 0 Å². The van der Waals surface area contributed by atoms with E-state index in [9.17, 15) is 4.79 Å². The molecule has 1 aliphatic carbocycles. The van der Waals surface area contributed by atoms with Gasteiger partial charge in [-0.05, 0) is 56.4 Å². The molecule has 25 heavy (non-hydrogen) atoms. The average molecular weight is 344 g/mol. The lowest BCUT2D eigenvalue weighted by Crippen LogP contribution is -2.50. The molecule has 0 N–H and O–H groups in total. The Balaban J connectivity index is 1.32. The lowest BCUT2D eigenvalue weighted by atomic mass is 10.1. The second kappa shape index (κ2) is 8.70. The van der Waals surface area contributed by atoms with Crippen LogP contribution in [0.2, 0.25) is 0 Å². The standard InChI is InChI=1S/C21H32N2O2/c1-17-8-9-20(16-18(17)2)25-15-5-10-22-11-13-23(14-12-22)21(24)19-6-3-4-7-19/h8-9,16,19H,3-7,10-15H2,1-2H3. The van der Waals surface area contributed by atoms with Gasteiger partial charge >= 0.3 is 0 Å². The van der Waals surface area contributed by atoms with Crippen LogP contribution in [0.15, 0.2) is 18.2 Å². The molecule has 2 fully saturated rings. The summed E-state index contributed by atoms with van der Waals surface area (Å²) in [6, 6.07) is 6.28. The fourth-order valence-electron chi connectivity index (χ4n) is 3.90. The molecule has 1 aromatic carbocycles. The normalized spacial score (nSPS) is 19.4. The molecule has 138 valence electrons. The van der Waals surface area contributed by atoms with Gasteiger partial charge in [-0.2, -0.15) is 0 Å². The number of carbonyl (C=O) groups excluding carboxylic acids is 1. The van der Waals surface area contributed by atoms with Crippen LogP contribution in [-0.2, 0) is 4.79 Å². The third-order valence-corrected chi connectivity index (χ3v) is 5.75. The minimum atomic E-state index is 0.318. The van der Waals surface area contributed by atoms with E-state index in [1.807, 2.05) is 0 Å². The first-order valence-corrected chi connectivity index (χ1v) is 9.84. The molecule has 0 atom stereocenters. The van der Waals surface area contributed by atoms with Gasteiger partial charge in [0.05, 0.1) is 6.61 Å². The molecule has 1 amide bonds. The molecular formula is C21H32N2O2. The fraction of sp³-hybridized carbons (Fsp3) is 0.667. The van der Waals surface area contributed by atoms with E-state index in [0.29, 0.717) is 11.8 Å². The molecule has 0 aromatic heterocycles. The average Bonchev–Trinajstić information content (AvgIpc) is 3.16. The molecule has 0 bridgehead atoms. The summed E-state index contributed by atoms with van der Waals surface area (Å²) in [5.41, 5.74) is 2.58. The molecule has 1 saturated carbocycles. The number of aryl methyl sites for hydroxylation is 2. The van der Waals surface area contributed by atoms with Gasteiger partial charge in [-0.25, -0.2) is 0 Å². The Hall–Kier alpha value is -1.55. The monoisotopic (exact) mass is 344 g/mol. The Morgan fingerprint density at radius 1 is 1.08 bits per heavy atom. The number of rotatable bonds is 6. The van der Waals surface area contributed by atoms with Crippen LogP contribution in [0.1, 0.15) is 43.2 Å². The summed E-state index contributed by atoms with van der Waals surface area (Å²) < 4.78 is 5.87.